The van der Waals surface area contributed by atoms with Gasteiger partial charge in [0.1, 0.15) is 5.54 Å². The molecule has 0 aliphatic carbocycles. The fourth-order valence-electron chi connectivity index (χ4n) is 1.76. The molecule has 8 heteroatoms. The third-order valence-corrected chi connectivity index (χ3v) is 3.40. The van der Waals surface area contributed by atoms with Crippen molar-refractivity contribution in [2.45, 2.75) is 32.2 Å². The Labute approximate surface area is 131 Å². The van der Waals surface area contributed by atoms with E-state index in [1.807, 2.05) is 0 Å². The van der Waals surface area contributed by atoms with Gasteiger partial charge >= 0.3 is 12.0 Å². The molecular formula is C13H15Cl2FN2O3. The van der Waals surface area contributed by atoms with Crippen LogP contribution in [0.3, 0.4) is 0 Å². The number of anilines is 1. The molecule has 0 saturated carbocycles. The van der Waals surface area contributed by atoms with Gasteiger partial charge in [-0.25, -0.2) is 14.0 Å². The zero-order valence-electron chi connectivity index (χ0n) is 11.5. The van der Waals surface area contributed by atoms with Crippen LogP contribution in [0.4, 0.5) is 14.9 Å². The van der Waals surface area contributed by atoms with Crippen molar-refractivity contribution < 1.29 is 19.1 Å². The number of amides is 2. The van der Waals surface area contributed by atoms with Crippen LogP contribution >= 0.6 is 23.2 Å². The number of carboxylic acid groups (broad SMARTS) is 1. The first kappa shape index (κ1) is 17.5. The summed E-state index contributed by atoms with van der Waals surface area (Å²) in [6, 6.07) is 1.62. The smallest absolute Gasteiger partial charge is 0.329 e. The number of hydrogen-bond donors (Lipinski definition) is 3. The summed E-state index contributed by atoms with van der Waals surface area (Å²) in [5.74, 6) is -1.93. The van der Waals surface area contributed by atoms with Gasteiger partial charge in [-0.1, -0.05) is 36.5 Å². The number of hydrogen-bond acceptors (Lipinski definition) is 2. The van der Waals surface area contributed by atoms with Crippen LogP contribution in [0.5, 0.6) is 0 Å². The van der Waals surface area contributed by atoms with Crippen molar-refractivity contribution in [3.8, 4) is 0 Å². The van der Waals surface area contributed by atoms with Crippen molar-refractivity contribution in [1.82, 2.24) is 5.32 Å². The van der Waals surface area contributed by atoms with Crippen molar-refractivity contribution in [3.63, 3.8) is 0 Å². The molecule has 0 aromatic heterocycles. The summed E-state index contributed by atoms with van der Waals surface area (Å²) in [4.78, 5) is 23.1. The number of carbonyl (C=O) groups excluding carboxylic acids is 1. The average Bonchev–Trinajstić information content (AvgIpc) is 2.35. The van der Waals surface area contributed by atoms with Gasteiger partial charge in [-0.05, 0) is 25.5 Å². The van der Waals surface area contributed by atoms with Crippen molar-refractivity contribution in [3.05, 3.63) is 28.0 Å². The standard InChI is InChI=1S/C13H15Cl2FN2O3/c1-3-4-13(2,11(19)20)18-12(21)17-7-5-8(14)10(16)9(15)6-7/h5-6H,3-4H2,1-2H3,(H,19,20)(H2,17,18,21). The van der Waals surface area contributed by atoms with Gasteiger partial charge in [0.2, 0.25) is 0 Å². The number of aliphatic carboxylic acids is 1. The minimum atomic E-state index is -1.40. The molecule has 1 unspecified atom stereocenters. The number of carboxylic acids is 1. The molecule has 0 aliphatic heterocycles. The van der Waals surface area contributed by atoms with Gasteiger partial charge in [-0.15, -0.1) is 0 Å². The molecule has 0 heterocycles. The molecule has 1 atom stereocenters. The largest absolute Gasteiger partial charge is 0.480 e. The molecule has 3 N–H and O–H groups in total. The minimum Gasteiger partial charge on any atom is -0.480 e. The fourth-order valence-corrected chi connectivity index (χ4v) is 2.25. The van der Waals surface area contributed by atoms with Crippen LogP contribution in [0.15, 0.2) is 12.1 Å². The van der Waals surface area contributed by atoms with E-state index in [0.29, 0.717) is 6.42 Å². The highest BCUT2D eigenvalue weighted by molar-refractivity contribution is 6.35. The molecule has 5 nitrogen and oxygen atoms in total. The molecule has 116 valence electrons. The maximum Gasteiger partial charge on any atom is 0.329 e. The Balaban J connectivity index is 2.84. The van der Waals surface area contributed by atoms with E-state index in [0.717, 1.165) is 0 Å². The Morgan fingerprint density at radius 2 is 1.86 bits per heavy atom. The highest BCUT2D eigenvalue weighted by Gasteiger charge is 2.33. The number of carbonyl (C=O) groups is 2. The summed E-state index contributed by atoms with van der Waals surface area (Å²) in [6.07, 6.45) is 0.845. The summed E-state index contributed by atoms with van der Waals surface area (Å²) in [5.41, 5.74) is -1.24. The van der Waals surface area contributed by atoms with Gasteiger partial charge in [-0.2, -0.15) is 0 Å². The van der Waals surface area contributed by atoms with Crippen molar-refractivity contribution in [2.24, 2.45) is 0 Å². The van der Waals surface area contributed by atoms with E-state index < -0.39 is 23.4 Å². The minimum absolute atomic E-state index is 0.160. The molecule has 21 heavy (non-hydrogen) atoms. The van der Waals surface area contributed by atoms with E-state index in [1.54, 1.807) is 6.92 Å². The van der Waals surface area contributed by atoms with Crippen LogP contribution in [0.1, 0.15) is 26.7 Å². The van der Waals surface area contributed by atoms with Gasteiger partial charge in [0.15, 0.2) is 5.82 Å². The van der Waals surface area contributed by atoms with E-state index in [4.69, 9.17) is 28.3 Å². The molecule has 2 amide bonds. The van der Waals surface area contributed by atoms with Crippen LogP contribution < -0.4 is 10.6 Å². The Morgan fingerprint density at radius 3 is 2.29 bits per heavy atom. The number of urea groups is 1. The fraction of sp³-hybridized carbons (Fsp3) is 0.385. The summed E-state index contributed by atoms with van der Waals surface area (Å²) in [5, 5.41) is 13.4. The normalized spacial score (nSPS) is 13.4. The quantitative estimate of drug-likeness (QED) is 0.713. The SMILES string of the molecule is CCCC(C)(NC(=O)Nc1cc(Cl)c(F)c(Cl)c1)C(=O)O. The van der Waals surface area contributed by atoms with Gasteiger partial charge in [0.05, 0.1) is 10.0 Å². The van der Waals surface area contributed by atoms with Crippen molar-refractivity contribution in [1.29, 1.82) is 0 Å². The highest BCUT2D eigenvalue weighted by atomic mass is 35.5. The number of benzene rings is 1. The second kappa shape index (κ2) is 6.95. The molecule has 0 radical (unpaired) electrons. The molecule has 1 aromatic rings. The molecule has 1 rings (SSSR count). The lowest BCUT2D eigenvalue weighted by Gasteiger charge is -2.25. The van der Waals surface area contributed by atoms with E-state index >= 15 is 0 Å². The number of rotatable bonds is 5. The van der Waals surface area contributed by atoms with E-state index in [2.05, 4.69) is 10.6 Å². The molecule has 1 aromatic carbocycles. The van der Waals surface area contributed by atoms with Gasteiger partial charge in [-0.3, -0.25) is 0 Å². The topological polar surface area (TPSA) is 78.4 Å². The maximum atomic E-state index is 13.3. The molecule has 0 aliphatic rings. The molecule has 0 bridgehead atoms. The second-order valence-corrected chi connectivity index (χ2v) is 5.53. The first-order valence-corrected chi connectivity index (χ1v) is 6.92. The first-order chi connectivity index (χ1) is 9.69. The third-order valence-electron chi connectivity index (χ3n) is 2.85. The van der Waals surface area contributed by atoms with Crippen LogP contribution in [0.2, 0.25) is 10.0 Å². The Hall–Kier alpha value is -1.53. The summed E-state index contributed by atoms with van der Waals surface area (Å²) in [7, 11) is 0. The second-order valence-electron chi connectivity index (χ2n) is 4.72. The molecule has 0 spiro atoms. The zero-order valence-corrected chi connectivity index (χ0v) is 13.0. The monoisotopic (exact) mass is 336 g/mol. The van der Waals surface area contributed by atoms with Crippen LogP contribution in [0, 0.1) is 5.82 Å². The number of nitrogens with one attached hydrogen (secondary N) is 2. The van der Waals surface area contributed by atoms with Gasteiger partial charge in [0.25, 0.3) is 0 Å². The zero-order chi connectivity index (χ0) is 16.2. The lowest BCUT2D eigenvalue weighted by atomic mass is 9.97. The van der Waals surface area contributed by atoms with Crippen LogP contribution in [-0.4, -0.2) is 22.6 Å². The van der Waals surface area contributed by atoms with Crippen LogP contribution in [-0.2, 0) is 4.79 Å². The molecule has 0 saturated heterocycles. The molecule has 0 fully saturated rings. The maximum absolute atomic E-state index is 13.3. The first-order valence-electron chi connectivity index (χ1n) is 6.16. The predicted molar refractivity (Wildman–Crippen MR) is 79.5 cm³/mol. The van der Waals surface area contributed by atoms with Crippen molar-refractivity contribution in [2.75, 3.05) is 5.32 Å². The van der Waals surface area contributed by atoms with Gasteiger partial charge in [0, 0.05) is 5.69 Å². The predicted octanol–water partition coefficient (Wildman–Crippen LogP) is 3.90. The Bertz CT molecular complexity index is 545. The van der Waals surface area contributed by atoms with E-state index in [-0.39, 0.29) is 22.2 Å². The lowest BCUT2D eigenvalue weighted by Crippen LogP contribution is -2.53. The average molecular weight is 337 g/mol. The summed E-state index contributed by atoms with van der Waals surface area (Å²) >= 11 is 11.2. The molecular weight excluding hydrogens is 322 g/mol. The highest BCUT2D eigenvalue weighted by Crippen LogP contribution is 2.27. The van der Waals surface area contributed by atoms with E-state index in [9.17, 15) is 14.0 Å². The van der Waals surface area contributed by atoms with Gasteiger partial charge < -0.3 is 15.7 Å². The Kier molecular flexibility index (Phi) is 5.80. The lowest BCUT2D eigenvalue weighted by molar-refractivity contribution is -0.143. The number of halogens is 3. The third kappa shape index (κ3) is 4.47. The Morgan fingerprint density at radius 1 is 1.33 bits per heavy atom. The van der Waals surface area contributed by atoms with Crippen LogP contribution in [0.25, 0.3) is 0 Å². The van der Waals surface area contributed by atoms with Crippen molar-refractivity contribution >= 4 is 40.9 Å². The summed E-state index contributed by atoms with van der Waals surface area (Å²) in [6.45, 7) is 3.21. The summed E-state index contributed by atoms with van der Waals surface area (Å²) < 4.78 is 13.3. The van der Waals surface area contributed by atoms with E-state index in [1.165, 1.54) is 19.1 Å².